The molecule has 6 nitrogen and oxygen atoms in total. The number of esters is 1. The zero-order valence-electron chi connectivity index (χ0n) is 13.7. The van der Waals surface area contributed by atoms with Crippen molar-refractivity contribution in [1.82, 2.24) is 0 Å². The summed E-state index contributed by atoms with van der Waals surface area (Å²) in [5, 5.41) is 19.8. The van der Waals surface area contributed by atoms with Gasteiger partial charge in [0.2, 0.25) is 0 Å². The fourth-order valence-corrected chi connectivity index (χ4v) is 3.26. The van der Waals surface area contributed by atoms with Crippen molar-refractivity contribution in [2.45, 2.75) is 50.9 Å². The number of cyclic esters (lactones) is 1. The zero-order chi connectivity index (χ0) is 18.1. The molecule has 0 aromatic heterocycles. The van der Waals surface area contributed by atoms with E-state index in [0.717, 1.165) is 12.5 Å². The molecule has 2 heterocycles. The van der Waals surface area contributed by atoms with Gasteiger partial charge in [-0.25, -0.2) is 4.79 Å². The van der Waals surface area contributed by atoms with Crippen molar-refractivity contribution in [1.29, 1.82) is 0 Å². The SMILES string of the molecule is C[C@@H]1CC2O[C@@H]2CC/C=C/C(=O)Cc2c(Cl)c(O)cc(O)c2C(=O)O1. The number of carbonyl (C=O) groups excluding carboxylic acids is 2. The van der Waals surface area contributed by atoms with Crippen LogP contribution in [0, 0.1) is 0 Å². The highest BCUT2D eigenvalue weighted by molar-refractivity contribution is 6.33. The van der Waals surface area contributed by atoms with E-state index < -0.39 is 23.6 Å². The van der Waals surface area contributed by atoms with Crippen LogP contribution in [0.15, 0.2) is 18.2 Å². The van der Waals surface area contributed by atoms with Crippen molar-refractivity contribution in [2.75, 3.05) is 0 Å². The first-order valence-electron chi connectivity index (χ1n) is 8.16. The molecule has 0 bridgehead atoms. The predicted octanol–water partition coefficient (Wildman–Crippen LogP) is 2.92. The molecule has 0 amide bonds. The van der Waals surface area contributed by atoms with Crippen LogP contribution in [0.1, 0.15) is 42.1 Å². The Morgan fingerprint density at radius 2 is 1.96 bits per heavy atom. The average Bonchev–Trinajstić information content (AvgIpc) is 3.25. The third-order valence-electron chi connectivity index (χ3n) is 4.36. The van der Waals surface area contributed by atoms with Crippen LogP contribution in [0.4, 0.5) is 0 Å². The predicted molar refractivity (Wildman–Crippen MR) is 90.0 cm³/mol. The lowest BCUT2D eigenvalue weighted by Gasteiger charge is -2.16. The Morgan fingerprint density at radius 3 is 2.72 bits per heavy atom. The third-order valence-corrected chi connectivity index (χ3v) is 4.78. The van der Waals surface area contributed by atoms with Crippen LogP contribution in [-0.2, 0) is 20.7 Å². The maximum atomic E-state index is 12.5. The van der Waals surface area contributed by atoms with E-state index in [-0.39, 0.29) is 40.6 Å². The second kappa shape index (κ2) is 7.06. The van der Waals surface area contributed by atoms with E-state index in [4.69, 9.17) is 21.1 Å². The number of ketones is 1. The largest absolute Gasteiger partial charge is 0.507 e. The van der Waals surface area contributed by atoms with Crippen LogP contribution in [0.2, 0.25) is 5.02 Å². The van der Waals surface area contributed by atoms with Crippen molar-refractivity contribution in [3.05, 3.63) is 34.4 Å². The number of phenolic OH excluding ortho intramolecular Hbond substituents is 2. The molecule has 1 saturated heterocycles. The van der Waals surface area contributed by atoms with Crippen LogP contribution in [0.3, 0.4) is 0 Å². The first-order valence-corrected chi connectivity index (χ1v) is 8.53. The maximum Gasteiger partial charge on any atom is 0.342 e. The molecule has 0 saturated carbocycles. The van der Waals surface area contributed by atoms with Crippen LogP contribution in [0.25, 0.3) is 0 Å². The normalized spacial score (nSPS) is 28.3. The van der Waals surface area contributed by atoms with Gasteiger partial charge in [0.1, 0.15) is 23.2 Å². The summed E-state index contributed by atoms with van der Waals surface area (Å²) in [4.78, 5) is 24.7. The summed E-state index contributed by atoms with van der Waals surface area (Å²) in [5.41, 5.74) is -0.134. The molecule has 1 aromatic carbocycles. The van der Waals surface area contributed by atoms with E-state index >= 15 is 0 Å². The van der Waals surface area contributed by atoms with E-state index in [9.17, 15) is 19.8 Å². The molecular formula is C18H19ClO6. The fraction of sp³-hybridized carbons (Fsp3) is 0.444. The summed E-state index contributed by atoms with van der Waals surface area (Å²) in [6.45, 7) is 1.74. The number of aromatic hydroxyl groups is 2. The molecule has 3 atom stereocenters. The number of fused-ring (bicyclic) bond motifs is 2. The average molecular weight is 367 g/mol. The quantitative estimate of drug-likeness (QED) is 0.541. The van der Waals surface area contributed by atoms with Crippen LogP contribution < -0.4 is 0 Å². The molecule has 7 heteroatoms. The summed E-state index contributed by atoms with van der Waals surface area (Å²) in [6, 6.07) is 0.969. The van der Waals surface area contributed by atoms with Crippen LogP contribution in [0.5, 0.6) is 11.5 Å². The number of phenols is 2. The molecule has 2 aliphatic heterocycles. The Hall–Kier alpha value is -2.05. The molecule has 1 aromatic rings. The van der Waals surface area contributed by atoms with Gasteiger partial charge in [-0.3, -0.25) is 4.79 Å². The van der Waals surface area contributed by atoms with Gasteiger partial charge in [0.25, 0.3) is 0 Å². The van der Waals surface area contributed by atoms with Gasteiger partial charge in [0, 0.05) is 24.5 Å². The number of ether oxygens (including phenoxy) is 2. The standard InChI is InChI=1S/C18H19ClO6/c1-9-6-15-14(25-15)5-3-2-4-10(20)7-11-16(18(23)24-9)12(21)8-13(22)17(11)19/h2,4,8-9,14-15,21-22H,3,5-7H2,1H3/b4-2+/t9-,14-,15?/m1/s1. The molecule has 3 rings (SSSR count). The van der Waals surface area contributed by atoms with Crippen molar-refractivity contribution in [3.8, 4) is 11.5 Å². The Labute approximate surface area is 150 Å². The number of hydrogen-bond donors (Lipinski definition) is 2. The number of epoxide rings is 1. The third kappa shape index (κ3) is 3.96. The molecule has 134 valence electrons. The first kappa shape index (κ1) is 17.8. The number of rotatable bonds is 0. The van der Waals surface area contributed by atoms with Gasteiger partial charge in [0.05, 0.1) is 17.2 Å². The molecule has 2 aliphatic rings. The second-order valence-corrected chi connectivity index (χ2v) is 6.75. The van der Waals surface area contributed by atoms with E-state index in [0.29, 0.717) is 12.8 Å². The van der Waals surface area contributed by atoms with Crippen molar-refractivity contribution in [3.63, 3.8) is 0 Å². The highest BCUT2D eigenvalue weighted by Crippen LogP contribution is 2.38. The van der Waals surface area contributed by atoms with Gasteiger partial charge in [0.15, 0.2) is 5.78 Å². The minimum Gasteiger partial charge on any atom is -0.507 e. The summed E-state index contributed by atoms with van der Waals surface area (Å²) in [5.74, 6) is -1.95. The lowest BCUT2D eigenvalue weighted by Crippen LogP contribution is -2.20. The summed E-state index contributed by atoms with van der Waals surface area (Å²) < 4.78 is 10.9. The molecule has 0 aliphatic carbocycles. The number of hydrogen-bond acceptors (Lipinski definition) is 6. The number of halogens is 1. The number of allylic oxidation sites excluding steroid dienone is 2. The smallest absolute Gasteiger partial charge is 0.342 e. The van der Waals surface area contributed by atoms with E-state index in [1.807, 2.05) is 0 Å². The fourth-order valence-electron chi connectivity index (χ4n) is 3.04. The summed E-state index contributed by atoms with van der Waals surface area (Å²) in [6.07, 6.45) is 4.74. The van der Waals surface area contributed by atoms with Gasteiger partial charge < -0.3 is 19.7 Å². The highest BCUT2D eigenvalue weighted by Gasteiger charge is 2.39. The zero-order valence-corrected chi connectivity index (χ0v) is 14.5. The van der Waals surface area contributed by atoms with Crippen molar-refractivity contribution >= 4 is 23.4 Å². The minimum absolute atomic E-state index is 0.0336. The van der Waals surface area contributed by atoms with Crippen molar-refractivity contribution < 1.29 is 29.3 Å². The van der Waals surface area contributed by atoms with E-state index in [1.165, 1.54) is 6.08 Å². The van der Waals surface area contributed by atoms with E-state index in [2.05, 4.69) is 0 Å². The Kier molecular flexibility index (Phi) is 5.01. The first-order chi connectivity index (χ1) is 11.9. The number of carbonyl (C=O) groups is 2. The highest BCUT2D eigenvalue weighted by atomic mass is 35.5. The van der Waals surface area contributed by atoms with Crippen molar-refractivity contribution in [2.24, 2.45) is 0 Å². The van der Waals surface area contributed by atoms with Gasteiger partial charge in [-0.15, -0.1) is 0 Å². The molecule has 1 unspecified atom stereocenters. The maximum absolute atomic E-state index is 12.5. The van der Waals surface area contributed by atoms with Gasteiger partial charge in [-0.2, -0.15) is 0 Å². The van der Waals surface area contributed by atoms with Gasteiger partial charge in [-0.05, 0) is 25.8 Å². The Balaban J connectivity index is 1.98. The second-order valence-electron chi connectivity index (χ2n) is 6.37. The summed E-state index contributed by atoms with van der Waals surface area (Å²) >= 11 is 6.07. The van der Waals surface area contributed by atoms with E-state index in [1.54, 1.807) is 13.0 Å². The monoisotopic (exact) mass is 366 g/mol. The Bertz CT molecular complexity index is 742. The molecule has 0 spiro atoms. The number of benzene rings is 1. The summed E-state index contributed by atoms with van der Waals surface area (Å²) in [7, 11) is 0. The molecule has 1 fully saturated rings. The lowest BCUT2D eigenvalue weighted by atomic mass is 9.99. The molecule has 0 radical (unpaired) electrons. The lowest BCUT2D eigenvalue weighted by molar-refractivity contribution is -0.114. The Morgan fingerprint density at radius 1 is 1.20 bits per heavy atom. The van der Waals surface area contributed by atoms with Gasteiger partial charge in [-0.1, -0.05) is 17.7 Å². The molecular weight excluding hydrogens is 348 g/mol. The molecule has 25 heavy (non-hydrogen) atoms. The minimum atomic E-state index is -0.784. The van der Waals surface area contributed by atoms with Crippen LogP contribution in [-0.4, -0.2) is 40.3 Å². The van der Waals surface area contributed by atoms with Crippen LogP contribution >= 0.6 is 11.6 Å². The molecule has 2 N–H and O–H groups in total. The van der Waals surface area contributed by atoms with Gasteiger partial charge >= 0.3 is 5.97 Å². The topological polar surface area (TPSA) is 96.4 Å².